The van der Waals surface area contributed by atoms with Crippen LogP contribution in [0, 0.1) is 11.3 Å². The van der Waals surface area contributed by atoms with Gasteiger partial charge in [0.1, 0.15) is 0 Å². The second kappa shape index (κ2) is 5.87. The molecule has 1 aromatic rings. The minimum atomic E-state index is -2.92. The molecule has 86 valence electrons. The smallest absolute Gasteiger partial charge is 0.150 e. The Morgan fingerprint density at radius 2 is 2.31 bits per heavy atom. The Kier molecular flexibility index (Phi) is 4.77. The number of hydrogen-bond donors (Lipinski definition) is 0. The highest BCUT2D eigenvalue weighted by molar-refractivity contribution is 8.00. The molecule has 0 aromatic carbocycles. The summed E-state index contributed by atoms with van der Waals surface area (Å²) in [6, 6.07) is 5.29. The summed E-state index contributed by atoms with van der Waals surface area (Å²) in [7, 11) is -2.92. The van der Waals surface area contributed by atoms with Gasteiger partial charge in [0, 0.05) is 17.7 Å². The third kappa shape index (κ3) is 4.21. The van der Waals surface area contributed by atoms with Gasteiger partial charge in [-0.2, -0.15) is 5.26 Å². The molecule has 0 saturated carbocycles. The molecule has 0 bridgehead atoms. The molecule has 0 aliphatic heterocycles. The lowest BCUT2D eigenvalue weighted by molar-refractivity contribution is 0.599. The molecule has 6 heteroatoms. The van der Waals surface area contributed by atoms with Crippen LogP contribution >= 0.6 is 11.8 Å². The van der Waals surface area contributed by atoms with E-state index in [-0.39, 0.29) is 11.5 Å². The van der Waals surface area contributed by atoms with Crippen LogP contribution in [-0.2, 0) is 9.84 Å². The molecule has 0 fully saturated rings. The van der Waals surface area contributed by atoms with E-state index in [0.29, 0.717) is 16.3 Å². The number of pyridine rings is 1. The molecule has 1 heterocycles. The maximum absolute atomic E-state index is 11.2. The molecular weight excluding hydrogens is 244 g/mol. The Labute approximate surface area is 99.6 Å². The average molecular weight is 256 g/mol. The van der Waals surface area contributed by atoms with Gasteiger partial charge in [-0.1, -0.05) is 6.92 Å². The fourth-order valence-corrected chi connectivity index (χ4v) is 3.17. The van der Waals surface area contributed by atoms with E-state index in [1.165, 1.54) is 11.8 Å². The second-order valence-corrected chi connectivity index (χ2v) is 6.67. The van der Waals surface area contributed by atoms with Crippen LogP contribution in [0.25, 0.3) is 0 Å². The molecule has 0 unspecified atom stereocenters. The normalized spacial score (nSPS) is 11.0. The van der Waals surface area contributed by atoms with Crippen LogP contribution in [0.4, 0.5) is 0 Å². The maximum Gasteiger partial charge on any atom is 0.150 e. The highest BCUT2D eigenvalue weighted by Crippen LogP contribution is 2.16. The zero-order valence-corrected chi connectivity index (χ0v) is 10.5. The fourth-order valence-electron chi connectivity index (χ4n) is 0.975. The highest BCUT2D eigenvalue weighted by atomic mass is 32.2. The average Bonchev–Trinajstić information content (AvgIpc) is 2.29. The zero-order valence-electron chi connectivity index (χ0n) is 8.88. The van der Waals surface area contributed by atoms with E-state index >= 15 is 0 Å². The second-order valence-electron chi connectivity index (χ2n) is 3.08. The van der Waals surface area contributed by atoms with E-state index in [1.54, 1.807) is 25.3 Å². The van der Waals surface area contributed by atoms with Crippen molar-refractivity contribution >= 4 is 21.6 Å². The minimum Gasteiger partial charge on any atom is -0.250 e. The summed E-state index contributed by atoms with van der Waals surface area (Å²) < 4.78 is 22.5. The van der Waals surface area contributed by atoms with E-state index in [4.69, 9.17) is 5.26 Å². The minimum absolute atomic E-state index is 0.145. The number of hydrogen-bond acceptors (Lipinski definition) is 5. The first-order chi connectivity index (χ1) is 7.57. The van der Waals surface area contributed by atoms with Crippen molar-refractivity contribution in [1.82, 2.24) is 4.98 Å². The summed E-state index contributed by atoms with van der Waals surface area (Å²) in [6.07, 6.45) is 1.55. The first-order valence-electron chi connectivity index (χ1n) is 4.77. The molecule has 1 aromatic heterocycles. The van der Waals surface area contributed by atoms with Crippen LogP contribution in [0.5, 0.6) is 0 Å². The molecular formula is C10H12N2O2S2. The molecule has 4 nitrogen and oxygen atoms in total. The third-order valence-electron chi connectivity index (χ3n) is 1.95. The van der Waals surface area contributed by atoms with Gasteiger partial charge < -0.3 is 0 Å². The molecule has 0 N–H and O–H groups in total. The summed E-state index contributed by atoms with van der Waals surface area (Å²) in [5.74, 6) is 0.782. The Morgan fingerprint density at radius 3 is 2.94 bits per heavy atom. The van der Waals surface area contributed by atoms with Gasteiger partial charge in [0.05, 0.1) is 22.4 Å². The summed E-state index contributed by atoms with van der Waals surface area (Å²) in [4.78, 5) is 4.05. The maximum atomic E-state index is 11.2. The zero-order chi connectivity index (χ0) is 12.0. The molecule has 0 spiro atoms. The van der Waals surface area contributed by atoms with Crippen molar-refractivity contribution in [2.75, 3.05) is 17.3 Å². The van der Waals surface area contributed by atoms with Crippen molar-refractivity contribution in [2.24, 2.45) is 0 Å². The number of thioether (sulfide) groups is 1. The summed E-state index contributed by atoms with van der Waals surface area (Å²) in [6.45, 7) is 1.63. The van der Waals surface area contributed by atoms with Crippen molar-refractivity contribution in [3.05, 3.63) is 23.9 Å². The largest absolute Gasteiger partial charge is 0.250 e. The summed E-state index contributed by atoms with van der Waals surface area (Å²) >= 11 is 1.35. The van der Waals surface area contributed by atoms with E-state index in [1.807, 2.05) is 6.07 Å². The van der Waals surface area contributed by atoms with E-state index in [0.717, 1.165) is 0 Å². The van der Waals surface area contributed by atoms with Crippen LogP contribution in [0.2, 0.25) is 0 Å². The van der Waals surface area contributed by atoms with Crippen LogP contribution in [0.1, 0.15) is 12.5 Å². The molecule has 0 aliphatic carbocycles. The molecule has 0 radical (unpaired) electrons. The van der Waals surface area contributed by atoms with E-state index < -0.39 is 9.84 Å². The van der Waals surface area contributed by atoms with Gasteiger partial charge >= 0.3 is 0 Å². The first kappa shape index (κ1) is 13.0. The van der Waals surface area contributed by atoms with Crippen molar-refractivity contribution in [1.29, 1.82) is 5.26 Å². The third-order valence-corrected chi connectivity index (χ3v) is 4.84. The predicted octanol–water partition coefficient (Wildman–Crippen LogP) is 1.48. The summed E-state index contributed by atoms with van der Waals surface area (Å²) in [5.41, 5.74) is 0.538. The lowest BCUT2D eigenvalue weighted by Gasteiger charge is -2.01. The Hall–Kier alpha value is -1.06. The molecule has 0 amide bonds. The lowest BCUT2D eigenvalue weighted by atomic mass is 10.3. The Morgan fingerprint density at radius 1 is 1.56 bits per heavy atom. The van der Waals surface area contributed by atoms with Crippen LogP contribution in [-0.4, -0.2) is 30.7 Å². The number of aromatic nitrogens is 1. The van der Waals surface area contributed by atoms with Crippen molar-refractivity contribution < 1.29 is 8.42 Å². The fraction of sp³-hybridized carbons (Fsp3) is 0.400. The van der Waals surface area contributed by atoms with Crippen molar-refractivity contribution in [2.45, 2.75) is 11.9 Å². The number of sulfone groups is 1. The Bertz CT molecular complexity index is 492. The van der Waals surface area contributed by atoms with Gasteiger partial charge in [0.2, 0.25) is 0 Å². The highest BCUT2D eigenvalue weighted by Gasteiger charge is 2.07. The molecule has 1 rings (SSSR count). The van der Waals surface area contributed by atoms with E-state index in [2.05, 4.69) is 4.98 Å². The van der Waals surface area contributed by atoms with Gasteiger partial charge in [0.15, 0.2) is 9.84 Å². The molecule has 0 atom stereocenters. The summed E-state index contributed by atoms with van der Waals surface area (Å²) in [5, 5.41) is 9.36. The van der Waals surface area contributed by atoms with Gasteiger partial charge in [0.25, 0.3) is 0 Å². The van der Waals surface area contributed by atoms with Gasteiger partial charge in [-0.25, -0.2) is 13.4 Å². The molecule has 16 heavy (non-hydrogen) atoms. The topological polar surface area (TPSA) is 70.8 Å². The lowest BCUT2D eigenvalue weighted by Crippen LogP contribution is -2.10. The van der Waals surface area contributed by atoms with Gasteiger partial charge in [-0.05, 0) is 12.1 Å². The van der Waals surface area contributed by atoms with Crippen LogP contribution < -0.4 is 0 Å². The van der Waals surface area contributed by atoms with Crippen molar-refractivity contribution in [3.63, 3.8) is 0 Å². The monoisotopic (exact) mass is 256 g/mol. The predicted molar refractivity (Wildman–Crippen MR) is 64.0 cm³/mol. The molecule has 0 aliphatic rings. The van der Waals surface area contributed by atoms with Crippen LogP contribution in [0.15, 0.2) is 23.4 Å². The van der Waals surface area contributed by atoms with Gasteiger partial charge in [-0.15, -0.1) is 11.8 Å². The number of nitrogens with zero attached hydrogens (tertiary/aromatic N) is 2. The van der Waals surface area contributed by atoms with Crippen LogP contribution in [0.3, 0.4) is 0 Å². The Balaban J connectivity index is 2.53. The van der Waals surface area contributed by atoms with Crippen molar-refractivity contribution in [3.8, 4) is 6.07 Å². The number of rotatable bonds is 5. The standard InChI is InChI=1S/C10H12N2O2S2/c1-2-16(13,14)6-5-15-10-7-9(8-11)3-4-12-10/h3-4,7H,2,5-6H2,1H3. The SMILES string of the molecule is CCS(=O)(=O)CCSc1cc(C#N)ccn1. The number of nitriles is 1. The van der Waals surface area contributed by atoms with Gasteiger partial charge in [-0.3, -0.25) is 0 Å². The quantitative estimate of drug-likeness (QED) is 0.746. The van der Waals surface area contributed by atoms with E-state index in [9.17, 15) is 8.42 Å². The first-order valence-corrected chi connectivity index (χ1v) is 7.57. The molecule has 0 saturated heterocycles.